The van der Waals surface area contributed by atoms with Crippen molar-refractivity contribution in [1.29, 1.82) is 0 Å². The average Bonchev–Trinajstić information content (AvgIpc) is 2.34. The van der Waals surface area contributed by atoms with Crippen LogP contribution in [0.15, 0.2) is 42.5 Å². The zero-order chi connectivity index (χ0) is 14.9. The Labute approximate surface area is 117 Å². The zero-order valence-electron chi connectivity index (χ0n) is 11.8. The van der Waals surface area contributed by atoms with Crippen molar-refractivity contribution in [3.8, 4) is 5.75 Å². The van der Waals surface area contributed by atoms with Gasteiger partial charge in [0.1, 0.15) is 17.4 Å². The monoisotopic (exact) mass is 276 g/mol. The van der Waals surface area contributed by atoms with Crippen LogP contribution in [-0.2, 0) is 0 Å². The maximum atomic E-state index is 14.1. The van der Waals surface area contributed by atoms with E-state index in [9.17, 15) is 13.9 Å². The van der Waals surface area contributed by atoms with Crippen LogP contribution >= 0.6 is 0 Å². The van der Waals surface area contributed by atoms with Gasteiger partial charge in [-0.25, -0.2) is 8.78 Å². The lowest BCUT2D eigenvalue weighted by Gasteiger charge is -2.32. The lowest BCUT2D eigenvalue weighted by atomic mass is 9.72. The molecule has 0 aliphatic rings. The van der Waals surface area contributed by atoms with Gasteiger partial charge in [0.15, 0.2) is 0 Å². The van der Waals surface area contributed by atoms with E-state index in [2.05, 4.69) is 0 Å². The van der Waals surface area contributed by atoms with Crippen molar-refractivity contribution < 1.29 is 13.9 Å². The first kappa shape index (κ1) is 14.5. The summed E-state index contributed by atoms with van der Waals surface area (Å²) >= 11 is 0. The van der Waals surface area contributed by atoms with Gasteiger partial charge in [0.2, 0.25) is 0 Å². The molecule has 0 amide bonds. The summed E-state index contributed by atoms with van der Waals surface area (Å²) in [5, 5.41) is 9.37. The topological polar surface area (TPSA) is 20.2 Å². The van der Waals surface area contributed by atoms with Crippen LogP contribution in [-0.4, -0.2) is 5.11 Å². The van der Waals surface area contributed by atoms with Crippen molar-refractivity contribution in [3.63, 3.8) is 0 Å². The molecule has 2 rings (SSSR count). The Balaban J connectivity index is 2.63. The van der Waals surface area contributed by atoms with Crippen LogP contribution in [0.4, 0.5) is 8.78 Å². The van der Waals surface area contributed by atoms with Crippen LogP contribution in [0.5, 0.6) is 5.75 Å². The molecule has 20 heavy (non-hydrogen) atoms. The number of halogens is 2. The molecule has 1 nitrogen and oxygen atoms in total. The number of hydrogen-bond donors (Lipinski definition) is 1. The van der Waals surface area contributed by atoms with Gasteiger partial charge in [-0.3, -0.25) is 0 Å². The molecule has 0 spiro atoms. The highest BCUT2D eigenvalue weighted by Crippen LogP contribution is 2.42. The van der Waals surface area contributed by atoms with Gasteiger partial charge in [-0.05, 0) is 35.2 Å². The number of phenolic OH excluding ortho intramolecular Hbond substituents is 1. The van der Waals surface area contributed by atoms with E-state index in [1.165, 1.54) is 30.3 Å². The minimum atomic E-state index is -0.544. The van der Waals surface area contributed by atoms with Crippen molar-refractivity contribution >= 4 is 0 Å². The van der Waals surface area contributed by atoms with E-state index in [0.717, 1.165) is 5.56 Å². The largest absolute Gasteiger partial charge is 0.508 e. The van der Waals surface area contributed by atoms with Crippen LogP contribution in [0.25, 0.3) is 0 Å². The first-order chi connectivity index (χ1) is 9.30. The van der Waals surface area contributed by atoms with E-state index in [1.807, 2.05) is 20.8 Å². The maximum absolute atomic E-state index is 14.1. The molecule has 2 aromatic rings. The van der Waals surface area contributed by atoms with Gasteiger partial charge in [-0.1, -0.05) is 39.0 Å². The molecule has 0 bridgehead atoms. The smallest absolute Gasteiger partial charge is 0.129 e. The molecule has 3 heteroatoms. The van der Waals surface area contributed by atoms with Crippen LogP contribution in [0, 0.1) is 17.0 Å². The Kier molecular flexibility index (Phi) is 3.80. The maximum Gasteiger partial charge on any atom is 0.129 e. The van der Waals surface area contributed by atoms with Gasteiger partial charge in [0.25, 0.3) is 0 Å². The van der Waals surface area contributed by atoms with Crippen molar-refractivity contribution in [2.24, 2.45) is 5.41 Å². The highest BCUT2D eigenvalue weighted by molar-refractivity contribution is 5.38. The third kappa shape index (κ3) is 2.82. The highest BCUT2D eigenvalue weighted by Gasteiger charge is 2.32. The quantitative estimate of drug-likeness (QED) is 0.831. The molecular formula is C17H18F2O. The number of benzene rings is 2. The van der Waals surface area contributed by atoms with Gasteiger partial charge < -0.3 is 5.11 Å². The number of rotatable bonds is 2. The van der Waals surface area contributed by atoms with E-state index < -0.39 is 17.6 Å². The van der Waals surface area contributed by atoms with Crippen molar-refractivity contribution in [3.05, 3.63) is 65.2 Å². The summed E-state index contributed by atoms with van der Waals surface area (Å²) in [4.78, 5) is 0. The first-order valence-electron chi connectivity index (χ1n) is 6.53. The van der Waals surface area contributed by atoms with E-state index in [1.54, 1.807) is 12.1 Å². The van der Waals surface area contributed by atoms with Crippen LogP contribution in [0.2, 0.25) is 0 Å². The fourth-order valence-electron chi connectivity index (χ4n) is 2.55. The molecule has 2 aromatic carbocycles. The fourth-order valence-corrected chi connectivity index (χ4v) is 2.55. The van der Waals surface area contributed by atoms with Crippen LogP contribution in [0.3, 0.4) is 0 Å². The predicted octanol–water partition coefficient (Wildman–Crippen LogP) is 4.85. The van der Waals surface area contributed by atoms with Gasteiger partial charge in [-0.2, -0.15) is 0 Å². The molecule has 0 heterocycles. The lowest BCUT2D eigenvalue weighted by Crippen LogP contribution is -2.22. The molecule has 1 atom stereocenters. The SMILES string of the molecule is CC(C)(C)C(c1ccc(O)cc1)c1c(F)cccc1F. The van der Waals surface area contributed by atoms with Crippen molar-refractivity contribution in [2.75, 3.05) is 0 Å². The molecule has 1 N–H and O–H groups in total. The van der Waals surface area contributed by atoms with Crippen molar-refractivity contribution in [1.82, 2.24) is 0 Å². The molecule has 0 aliphatic heterocycles. The molecule has 0 fully saturated rings. The molecule has 0 saturated heterocycles. The Morgan fingerprint density at radius 1 is 0.900 bits per heavy atom. The Bertz CT molecular complexity index is 577. The molecule has 0 radical (unpaired) electrons. The zero-order valence-corrected chi connectivity index (χ0v) is 11.8. The standard InChI is InChI=1S/C17H18F2O/c1-17(2,3)16(11-7-9-12(20)10-8-11)15-13(18)5-4-6-14(15)19/h4-10,16,20H,1-3H3. The van der Waals surface area contributed by atoms with E-state index in [-0.39, 0.29) is 16.7 Å². The third-order valence-electron chi connectivity index (χ3n) is 3.38. The van der Waals surface area contributed by atoms with Crippen LogP contribution < -0.4 is 0 Å². The molecule has 106 valence electrons. The Morgan fingerprint density at radius 3 is 1.85 bits per heavy atom. The predicted molar refractivity (Wildman–Crippen MR) is 75.8 cm³/mol. The summed E-state index contributed by atoms with van der Waals surface area (Å²) in [6.45, 7) is 5.82. The second kappa shape index (κ2) is 5.23. The minimum absolute atomic E-state index is 0.0747. The van der Waals surface area contributed by atoms with Crippen molar-refractivity contribution in [2.45, 2.75) is 26.7 Å². The van der Waals surface area contributed by atoms with Gasteiger partial charge >= 0.3 is 0 Å². The number of aromatic hydroxyl groups is 1. The molecule has 0 saturated carbocycles. The highest BCUT2D eigenvalue weighted by atomic mass is 19.1. The summed E-state index contributed by atoms with van der Waals surface area (Å²) in [5.41, 5.74) is 0.491. The molecular weight excluding hydrogens is 258 g/mol. The molecule has 1 unspecified atom stereocenters. The fraction of sp³-hybridized carbons (Fsp3) is 0.294. The normalized spacial score (nSPS) is 13.2. The lowest BCUT2D eigenvalue weighted by molar-refractivity contribution is 0.340. The second-order valence-electron chi connectivity index (χ2n) is 6.03. The minimum Gasteiger partial charge on any atom is -0.508 e. The average molecular weight is 276 g/mol. The molecule has 0 aliphatic carbocycles. The molecule has 0 aromatic heterocycles. The van der Waals surface area contributed by atoms with Gasteiger partial charge in [0.05, 0.1) is 0 Å². The summed E-state index contributed by atoms with van der Waals surface area (Å²) in [6, 6.07) is 10.4. The van der Waals surface area contributed by atoms with Crippen LogP contribution in [0.1, 0.15) is 37.8 Å². The summed E-state index contributed by atoms with van der Waals surface area (Å²) in [7, 11) is 0. The van der Waals surface area contributed by atoms with E-state index in [4.69, 9.17) is 0 Å². The van der Waals surface area contributed by atoms with E-state index >= 15 is 0 Å². The summed E-state index contributed by atoms with van der Waals surface area (Å²) in [6.07, 6.45) is 0. The second-order valence-corrected chi connectivity index (χ2v) is 6.03. The number of hydrogen-bond acceptors (Lipinski definition) is 1. The summed E-state index contributed by atoms with van der Waals surface area (Å²) in [5.74, 6) is -1.38. The number of phenols is 1. The van der Waals surface area contributed by atoms with Gasteiger partial charge in [0, 0.05) is 11.5 Å². The summed E-state index contributed by atoms with van der Waals surface area (Å²) < 4.78 is 28.2. The Hall–Kier alpha value is -1.90. The first-order valence-corrected chi connectivity index (χ1v) is 6.53. The third-order valence-corrected chi connectivity index (χ3v) is 3.38. The van der Waals surface area contributed by atoms with E-state index in [0.29, 0.717) is 0 Å². The van der Waals surface area contributed by atoms with Gasteiger partial charge in [-0.15, -0.1) is 0 Å². The Morgan fingerprint density at radius 2 is 1.40 bits per heavy atom.